The fraction of sp³-hybridized carbons (Fsp3) is 0.357. The van der Waals surface area contributed by atoms with E-state index in [4.69, 9.17) is 11.6 Å². The molecule has 7 heteroatoms. The Kier molecular flexibility index (Phi) is 4.57. The van der Waals surface area contributed by atoms with Gasteiger partial charge >= 0.3 is 0 Å². The zero-order chi connectivity index (χ0) is 15.6. The molecule has 2 rings (SSSR count). The first kappa shape index (κ1) is 15.4. The molecule has 1 amide bonds. The molecule has 2 aromatic rings. The maximum absolute atomic E-state index is 13.2. The normalized spacial score (nSPS) is 11.0. The largest absolute Gasteiger partial charge is 0.308 e. The molecule has 0 radical (unpaired) electrons. The van der Waals surface area contributed by atoms with E-state index in [1.165, 1.54) is 16.9 Å². The lowest BCUT2D eigenvalue weighted by Crippen LogP contribution is -2.34. The highest BCUT2D eigenvalue weighted by atomic mass is 35.5. The van der Waals surface area contributed by atoms with Gasteiger partial charge in [-0.25, -0.2) is 9.07 Å². The van der Waals surface area contributed by atoms with Gasteiger partial charge in [-0.05, 0) is 6.92 Å². The summed E-state index contributed by atoms with van der Waals surface area (Å²) < 4.78 is 14.6. The Hall–Kier alpha value is -1.95. The zero-order valence-corrected chi connectivity index (χ0v) is 12.8. The lowest BCUT2D eigenvalue weighted by atomic mass is 10.2. The highest BCUT2D eigenvalue weighted by Gasteiger charge is 2.22. The Bertz CT molecular complexity index is 656. The third kappa shape index (κ3) is 3.21. The molecule has 0 bridgehead atoms. The number of amides is 1. The second-order valence-corrected chi connectivity index (χ2v) is 5.21. The molecule has 0 unspecified atom stereocenters. The summed E-state index contributed by atoms with van der Waals surface area (Å²) in [6.45, 7) is 5.97. The summed E-state index contributed by atoms with van der Waals surface area (Å²) in [5, 5.41) is 4.30. The number of rotatable bonds is 4. The van der Waals surface area contributed by atoms with Gasteiger partial charge in [0.1, 0.15) is 11.5 Å². The van der Waals surface area contributed by atoms with E-state index in [1.807, 2.05) is 20.8 Å². The number of pyridine rings is 1. The molecule has 0 atom stereocenters. The van der Waals surface area contributed by atoms with Gasteiger partial charge in [-0.1, -0.05) is 25.4 Å². The van der Waals surface area contributed by atoms with Crippen LogP contribution in [0.2, 0.25) is 5.15 Å². The first-order chi connectivity index (χ1) is 9.93. The van der Waals surface area contributed by atoms with Crippen LogP contribution in [0.3, 0.4) is 0 Å². The number of carbonyl (C=O) groups excluding carboxylic acids is 1. The fourth-order valence-electron chi connectivity index (χ4n) is 1.94. The van der Waals surface area contributed by atoms with Crippen molar-refractivity contribution in [2.75, 3.05) is 11.4 Å². The molecule has 5 nitrogen and oxygen atoms in total. The molecule has 0 saturated heterocycles. The van der Waals surface area contributed by atoms with Gasteiger partial charge in [-0.2, -0.15) is 5.10 Å². The lowest BCUT2D eigenvalue weighted by molar-refractivity contribution is -0.121. The van der Waals surface area contributed by atoms with Gasteiger partial charge in [0.25, 0.3) is 0 Å². The predicted octanol–water partition coefficient (Wildman–Crippen LogP) is 3.07. The zero-order valence-electron chi connectivity index (χ0n) is 12.0. The van der Waals surface area contributed by atoms with E-state index in [0.29, 0.717) is 17.9 Å². The van der Waals surface area contributed by atoms with Gasteiger partial charge in [0, 0.05) is 18.5 Å². The molecular weight excluding hydrogens is 295 g/mol. The van der Waals surface area contributed by atoms with Gasteiger partial charge in [0.2, 0.25) is 5.91 Å². The summed E-state index contributed by atoms with van der Waals surface area (Å²) in [6, 6.07) is 1.29. The molecule has 0 aliphatic rings. The van der Waals surface area contributed by atoms with E-state index in [9.17, 15) is 9.18 Å². The molecule has 0 saturated carbocycles. The summed E-state index contributed by atoms with van der Waals surface area (Å²) >= 11 is 6.12. The molecule has 0 spiro atoms. The Morgan fingerprint density at radius 3 is 2.76 bits per heavy atom. The Labute approximate surface area is 127 Å². The number of carbonyl (C=O) groups is 1. The molecule has 2 heterocycles. The minimum Gasteiger partial charge on any atom is -0.308 e. The van der Waals surface area contributed by atoms with Crippen LogP contribution in [-0.4, -0.2) is 27.2 Å². The van der Waals surface area contributed by atoms with Crippen molar-refractivity contribution in [3.8, 4) is 5.69 Å². The molecule has 0 aromatic carbocycles. The fourth-order valence-corrected chi connectivity index (χ4v) is 2.17. The van der Waals surface area contributed by atoms with Gasteiger partial charge in [-0.15, -0.1) is 0 Å². The topological polar surface area (TPSA) is 51.0 Å². The summed E-state index contributed by atoms with van der Waals surface area (Å²) in [4.78, 5) is 17.5. The van der Waals surface area contributed by atoms with Crippen molar-refractivity contribution in [2.45, 2.75) is 20.8 Å². The van der Waals surface area contributed by atoms with E-state index >= 15 is 0 Å². The van der Waals surface area contributed by atoms with Crippen molar-refractivity contribution in [2.24, 2.45) is 5.92 Å². The first-order valence-corrected chi connectivity index (χ1v) is 6.99. The maximum Gasteiger partial charge on any atom is 0.229 e. The van der Waals surface area contributed by atoms with Gasteiger partial charge in [0.15, 0.2) is 5.15 Å². The van der Waals surface area contributed by atoms with Crippen LogP contribution in [0.1, 0.15) is 20.8 Å². The van der Waals surface area contributed by atoms with Crippen LogP contribution < -0.4 is 4.90 Å². The third-order valence-corrected chi connectivity index (χ3v) is 3.24. The summed E-state index contributed by atoms with van der Waals surface area (Å²) in [5.41, 5.74) is 0.943. The Balaban J connectivity index is 2.41. The van der Waals surface area contributed by atoms with Crippen molar-refractivity contribution in [3.63, 3.8) is 0 Å². The van der Waals surface area contributed by atoms with Gasteiger partial charge in [-0.3, -0.25) is 9.78 Å². The van der Waals surface area contributed by atoms with Crippen LogP contribution in [0.15, 0.2) is 24.7 Å². The maximum atomic E-state index is 13.2. The molecule has 0 N–H and O–H groups in total. The molecule has 2 aromatic heterocycles. The Morgan fingerprint density at radius 1 is 1.48 bits per heavy atom. The average Bonchev–Trinajstić information content (AvgIpc) is 2.82. The van der Waals surface area contributed by atoms with E-state index in [1.54, 1.807) is 11.1 Å². The van der Waals surface area contributed by atoms with Crippen molar-refractivity contribution in [1.29, 1.82) is 0 Å². The Morgan fingerprint density at radius 2 is 2.19 bits per heavy atom. The standard InChI is InChI=1S/C14H16ClFN4O/c1-4-19(14(21)9(2)3)12-8-20(18-13(12)15)11-5-10(16)6-17-7-11/h5-9H,4H2,1-3H3. The number of aromatic nitrogens is 3. The second-order valence-electron chi connectivity index (χ2n) is 4.85. The molecular formula is C14H16ClFN4O. The number of halogens is 2. The summed E-state index contributed by atoms with van der Waals surface area (Å²) in [5.74, 6) is -0.664. The highest BCUT2D eigenvalue weighted by molar-refractivity contribution is 6.32. The van der Waals surface area contributed by atoms with Crippen LogP contribution >= 0.6 is 11.6 Å². The van der Waals surface area contributed by atoms with Gasteiger partial charge < -0.3 is 4.90 Å². The van der Waals surface area contributed by atoms with Crippen molar-refractivity contribution in [1.82, 2.24) is 14.8 Å². The van der Waals surface area contributed by atoms with Gasteiger partial charge in [0.05, 0.1) is 24.3 Å². The van der Waals surface area contributed by atoms with Crippen molar-refractivity contribution < 1.29 is 9.18 Å². The number of nitrogens with zero attached hydrogens (tertiary/aromatic N) is 4. The van der Waals surface area contributed by atoms with Crippen LogP contribution in [0, 0.1) is 11.7 Å². The first-order valence-electron chi connectivity index (χ1n) is 6.61. The SMILES string of the molecule is CCN(C(=O)C(C)C)c1cn(-c2cncc(F)c2)nc1Cl. The molecule has 21 heavy (non-hydrogen) atoms. The third-order valence-electron chi connectivity index (χ3n) is 2.97. The highest BCUT2D eigenvalue weighted by Crippen LogP contribution is 2.27. The van der Waals surface area contributed by atoms with Crippen LogP contribution in [0.4, 0.5) is 10.1 Å². The number of anilines is 1. The number of hydrogen-bond acceptors (Lipinski definition) is 3. The van der Waals surface area contributed by atoms with E-state index in [-0.39, 0.29) is 17.0 Å². The van der Waals surface area contributed by atoms with Crippen LogP contribution in [0.25, 0.3) is 5.69 Å². The number of hydrogen-bond donors (Lipinski definition) is 0. The molecule has 0 aliphatic carbocycles. The smallest absolute Gasteiger partial charge is 0.229 e. The molecule has 112 valence electrons. The van der Waals surface area contributed by atoms with E-state index in [2.05, 4.69) is 10.1 Å². The minimum absolute atomic E-state index is 0.0451. The van der Waals surface area contributed by atoms with E-state index < -0.39 is 5.82 Å². The minimum atomic E-state index is -0.466. The summed E-state index contributed by atoms with van der Waals surface area (Å²) in [7, 11) is 0. The quantitative estimate of drug-likeness (QED) is 0.872. The second kappa shape index (κ2) is 6.22. The monoisotopic (exact) mass is 310 g/mol. The van der Waals surface area contributed by atoms with Crippen LogP contribution in [0.5, 0.6) is 0 Å². The lowest BCUT2D eigenvalue weighted by Gasteiger charge is -2.21. The summed E-state index contributed by atoms with van der Waals surface area (Å²) in [6.07, 6.45) is 4.18. The molecule has 0 fully saturated rings. The molecule has 0 aliphatic heterocycles. The van der Waals surface area contributed by atoms with E-state index in [0.717, 1.165) is 6.20 Å². The van der Waals surface area contributed by atoms with Crippen molar-refractivity contribution in [3.05, 3.63) is 35.6 Å². The van der Waals surface area contributed by atoms with Crippen LogP contribution in [-0.2, 0) is 4.79 Å². The van der Waals surface area contributed by atoms with Crippen molar-refractivity contribution >= 4 is 23.2 Å². The predicted molar refractivity (Wildman–Crippen MR) is 79.2 cm³/mol. The average molecular weight is 311 g/mol.